The zero-order valence-electron chi connectivity index (χ0n) is 9.93. The van der Waals surface area contributed by atoms with E-state index in [4.69, 9.17) is 0 Å². The van der Waals surface area contributed by atoms with Crippen molar-refractivity contribution in [2.24, 2.45) is 0 Å². The van der Waals surface area contributed by atoms with Crippen LogP contribution in [0.3, 0.4) is 0 Å². The van der Waals surface area contributed by atoms with E-state index in [1.807, 2.05) is 4.90 Å². The van der Waals surface area contributed by atoms with E-state index in [0.717, 1.165) is 6.07 Å². The summed E-state index contributed by atoms with van der Waals surface area (Å²) in [7, 11) is 1.79. The SMILES string of the molecule is C=Cc1c(F)c(F)cc2c1N(C)CCC2(C)O. The van der Waals surface area contributed by atoms with Gasteiger partial charge >= 0.3 is 0 Å². The molecule has 0 radical (unpaired) electrons. The third-order valence-corrected chi connectivity index (χ3v) is 3.33. The Morgan fingerprint density at radius 2 is 2.18 bits per heavy atom. The maximum atomic E-state index is 13.7. The lowest BCUT2D eigenvalue weighted by molar-refractivity contribution is 0.0456. The van der Waals surface area contributed by atoms with Gasteiger partial charge in [0.25, 0.3) is 0 Å². The molecule has 1 heterocycles. The summed E-state index contributed by atoms with van der Waals surface area (Å²) in [5.74, 6) is -1.86. The van der Waals surface area contributed by atoms with Gasteiger partial charge in [0.05, 0.1) is 11.3 Å². The summed E-state index contributed by atoms with van der Waals surface area (Å²) in [6, 6.07) is 1.08. The first kappa shape index (κ1) is 12.0. The Bertz CT molecular complexity index is 483. The largest absolute Gasteiger partial charge is 0.385 e. The number of hydrogen-bond acceptors (Lipinski definition) is 2. The van der Waals surface area contributed by atoms with Crippen molar-refractivity contribution in [1.82, 2.24) is 0 Å². The van der Waals surface area contributed by atoms with Crippen molar-refractivity contribution in [3.8, 4) is 0 Å². The van der Waals surface area contributed by atoms with Crippen molar-refractivity contribution in [3.05, 3.63) is 35.4 Å². The predicted molar refractivity (Wildman–Crippen MR) is 63.9 cm³/mol. The standard InChI is InChI=1S/C13H15F2NO/c1-4-8-11(15)10(14)7-9-12(8)16(3)6-5-13(9,2)17/h4,7,17H,1,5-6H2,2-3H3. The fraction of sp³-hybridized carbons (Fsp3) is 0.385. The Morgan fingerprint density at radius 1 is 1.53 bits per heavy atom. The van der Waals surface area contributed by atoms with Crippen molar-refractivity contribution < 1.29 is 13.9 Å². The molecular weight excluding hydrogens is 224 g/mol. The summed E-state index contributed by atoms with van der Waals surface area (Å²) in [4.78, 5) is 1.81. The molecule has 0 saturated heterocycles. The molecule has 1 N–H and O–H groups in total. The normalized spacial score (nSPS) is 23.5. The summed E-state index contributed by atoms with van der Waals surface area (Å²) >= 11 is 0. The molecule has 2 nitrogen and oxygen atoms in total. The molecule has 0 aromatic heterocycles. The smallest absolute Gasteiger partial charge is 0.168 e. The van der Waals surface area contributed by atoms with Gasteiger partial charge in [-0.2, -0.15) is 0 Å². The molecule has 0 amide bonds. The molecule has 1 unspecified atom stereocenters. The van der Waals surface area contributed by atoms with Crippen LogP contribution in [-0.2, 0) is 5.60 Å². The van der Waals surface area contributed by atoms with Crippen LogP contribution in [0.15, 0.2) is 12.6 Å². The first-order valence-electron chi connectivity index (χ1n) is 5.47. The Balaban J connectivity index is 2.80. The molecule has 2 rings (SSSR count). The van der Waals surface area contributed by atoms with E-state index in [0.29, 0.717) is 24.2 Å². The van der Waals surface area contributed by atoms with Crippen molar-refractivity contribution in [1.29, 1.82) is 0 Å². The Kier molecular flexibility index (Phi) is 2.70. The van der Waals surface area contributed by atoms with E-state index < -0.39 is 17.2 Å². The van der Waals surface area contributed by atoms with Gasteiger partial charge in [-0.1, -0.05) is 12.7 Å². The molecule has 17 heavy (non-hydrogen) atoms. The zero-order chi connectivity index (χ0) is 12.8. The van der Waals surface area contributed by atoms with Crippen LogP contribution in [0, 0.1) is 11.6 Å². The van der Waals surface area contributed by atoms with E-state index in [1.54, 1.807) is 14.0 Å². The molecular formula is C13H15F2NO. The number of rotatable bonds is 1. The van der Waals surface area contributed by atoms with Crippen LogP contribution in [0.25, 0.3) is 6.08 Å². The highest BCUT2D eigenvalue weighted by Crippen LogP contribution is 2.41. The quantitative estimate of drug-likeness (QED) is 0.814. The maximum Gasteiger partial charge on any atom is 0.168 e. The minimum Gasteiger partial charge on any atom is -0.385 e. The molecule has 92 valence electrons. The van der Waals surface area contributed by atoms with E-state index in [9.17, 15) is 13.9 Å². The lowest BCUT2D eigenvalue weighted by Crippen LogP contribution is -2.37. The van der Waals surface area contributed by atoms with Crippen molar-refractivity contribution in [2.75, 3.05) is 18.5 Å². The van der Waals surface area contributed by atoms with Gasteiger partial charge in [-0.3, -0.25) is 0 Å². The topological polar surface area (TPSA) is 23.5 Å². The molecule has 1 aliphatic heterocycles. The number of benzene rings is 1. The number of nitrogens with zero attached hydrogens (tertiary/aromatic N) is 1. The zero-order valence-corrected chi connectivity index (χ0v) is 9.93. The monoisotopic (exact) mass is 239 g/mol. The molecule has 0 aliphatic carbocycles. The van der Waals surface area contributed by atoms with Crippen molar-refractivity contribution in [2.45, 2.75) is 18.9 Å². The summed E-state index contributed by atoms with van der Waals surface area (Å²) < 4.78 is 27.1. The highest BCUT2D eigenvalue weighted by atomic mass is 19.2. The van der Waals surface area contributed by atoms with E-state index >= 15 is 0 Å². The van der Waals surface area contributed by atoms with Crippen LogP contribution in [0.2, 0.25) is 0 Å². The van der Waals surface area contributed by atoms with Gasteiger partial charge < -0.3 is 10.0 Å². The van der Waals surface area contributed by atoms with E-state index in [2.05, 4.69) is 6.58 Å². The van der Waals surface area contributed by atoms with Crippen LogP contribution in [-0.4, -0.2) is 18.7 Å². The second-order valence-electron chi connectivity index (χ2n) is 4.63. The molecule has 0 fully saturated rings. The fourth-order valence-corrected chi connectivity index (χ4v) is 2.28. The Morgan fingerprint density at radius 3 is 2.76 bits per heavy atom. The third-order valence-electron chi connectivity index (χ3n) is 3.33. The molecule has 0 spiro atoms. The number of fused-ring (bicyclic) bond motifs is 1. The summed E-state index contributed by atoms with van der Waals surface area (Å²) in [6.45, 7) is 5.71. The summed E-state index contributed by atoms with van der Waals surface area (Å²) in [6.07, 6.45) is 1.77. The van der Waals surface area contributed by atoms with Gasteiger partial charge in [0.2, 0.25) is 0 Å². The highest BCUT2D eigenvalue weighted by molar-refractivity contribution is 5.73. The van der Waals surface area contributed by atoms with E-state index in [-0.39, 0.29) is 5.56 Å². The molecule has 0 saturated carbocycles. The second-order valence-corrected chi connectivity index (χ2v) is 4.63. The average Bonchev–Trinajstić information content (AvgIpc) is 2.27. The van der Waals surface area contributed by atoms with Crippen LogP contribution >= 0.6 is 0 Å². The summed E-state index contributed by atoms with van der Waals surface area (Å²) in [5.41, 5.74) is -0.0774. The van der Waals surface area contributed by atoms with Crippen LogP contribution < -0.4 is 4.90 Å². The number of anilines is 1. The lowest BCUT2D eigenvalue weighted by atomic mass is 9.85. The maximum absolute atomic E-state index is 13.7. The summed E-state index contributed by atoms with van der Waals surface area (Å²) in [5, 5.41) is 10.2. The number of halogens is 2. The average molecular weight is 239 g/mol. The van der Waals surface area contributed by atoms with Crippen molar-refractivity contribution in [3.63, 3.8) is 0 Å². The molecule has 1 aliphatic rings. The van der Waals surface area contributed by atoms with Gasteiger partial charge in [-0.05, 0) is 19.4 Å². The molecule has 4 heteroatoms. The minimum absolute atomic E-state index is 0.113. The first-order chi connectivity index (χ1) is 7.88. The highest BCUT2D eigenvalue weighted by Gasteiger charge is 2.35. The molecule has 1 aromatic carbocycles. The predicted octanol–water partition coefficient (Wildman–Crippen LogP) is 2.66. The van der Waals surface area contributed by atoms with Gasteiger partial charge in [0, 0.05) is 24.7 Å². The lowest BCUT2D eigenvalue weighted by Gasteiger charge is -2.38. The number of hydrogen-bond donors (Lipinski definition) is 1. The Labute approximate surface area is 99.2 Å². The molecule has 1 atom stereocenters. The molecule has 1 aromatic rings. The van der Waals surface area contributed by atoms with Crippen LogP contribution in [0.5, 0.6) is 0 Å². The first-order valence-corrected chi connectivity index (χ1v) is 5.47. The number of aliphatic hydroxyl groups is 1. The fourth-order valence-electron chi connectivity index (χ4n) is 2.28. The van der Waals surface area contributed by atoms with Gasteiger partial charge in [0.15, 0.2) is 11.6 Å². The molecule has 0 bridgehead atoms. The van der Waals surface area contributed by atoms with Gasteiger partial charge in [0.1, 0.15) is 0 Å². The van der Waals surface area contributed by atoms with Crippen LogP contribution in [0.1, 0.15) is 24.5 Å². The van der Waals surface area contributed by atoms with Gasteiger partial charge in [-0.25, -0.2) is 8.78 Å². The van der Waals surface area contributed by atoms with Gasteiger partial charge in [-0.15, -0.1) is 0 Å². The third kappa shape index (κ3) is 1.72. The minimum atomic E-state index is -1.13. The Hall–Kier alpha value is -1.42. The van der Waals surface area contributed by atoms with Crippen molar-refractivity contribution >= 4 is 11.8 Å². The van der Waals surface area contributed by atoms with Crippen LogP contribution in [0.4, 0.5) is 14.5 Å². The van der Waals surface area contributed by atoms with E-state index in [1.165, 1.54) is 6.08 Å². The second kappa shape index (κ2) is 3.81.